The van der Waals surface area contributed by atoms with Gasteiger partial charge in [0.05, 0.1) is 11.4 Å². The molecule has 1 atom stereocenters. The van der Waals surface area contributed by atoms with Crippen molar-refractivity contribution in [3.8, 4) is 0 Å². The Morgan fingerprint density at radius 3 is 2.85 bits per heavy atom. The second-order valence-corrected chi connectivity index (χ2v) is 8.54. The summed E-state index contributed by atoms with van der Waals surface area (Å²) in [4.78, 5) is 18.7. The van der Waals surface area contributed by atoms with Crippen LogP contribution in [0.25, 0.3) is 0 Å². The molecular formula is C17H20N4O4S. The number of amides is 1. The summed E-state index contributed by atoms with van der Waals surface area (Å²) in [6.45, 7) is 0.176. The average molecular weight is 376 g/mol. The topological polar surface area (TPSA) is 105 Å². The lowest BCUT2D eigenvalue weighted by Crippen LogP contribution is -2.50. The van der Waals surface area contributed by atoms with E-state index in [1.54, 1.807) is 31.3 Å². The number of nitrogens with one attached hydrogen (secondary N) is 1. The summed E-state index contributed by atoms with van der Waals surface area (Å²) in [5, 5.41) is 3.93. The van der Waals surface area contributed by atoms with Crippen LogP contribution in [0.15, 0.2) is 33.7 Å². The van der Waals surface area contributed by atoms with Gasteiger partial charge in [-0.25, -0.2) is 8.42 Å². The molecule has 1 aromatic carbocycles. The van der Waals surface area contributed by atoms with Gasteiger partial charge in [0.25, 0.3) is 0 Å². The van der Waals surface area contributed by atoms with Crippen LogP contribution >= 0.6 is 0 Å². The van der Waals surface area contributed by atoms with Crippen molar-refractivity contribution in [2.45, 2.75) is 49.1 Å². The van der Waals surface area contributed by atoms with Gasteiger partial charge in [-0.15, -0.1) is 0 Å². The second kappa shape index (κ2) is 6.48. The maximum Gasteiger partial charge on any atom is 0.241 e. The van der Waals surface area contributed by atoms with Gasteiger partial charge in [0, 0.05) is 13.0 Å². The van der Waals surface area contributed by atoms with Gasteiger partial charge in [0.2, 0.25) is 21.8 Å². The summed E-state index contributed by atoms with van der Waals surface area (Å²) in [5.74, 6) is 1.07. The van der Waals surface area contributed by atoms with Gasteiger partial charge >= 0.3 is 0 Å². The lowest BCUT2D eigenvalue weighted by atomic mass is 9.85. The standard InChI is InChI=1S/C17H20N4O4S/c1-21(10-15-18-16(25-19-15)11-6-4-7-11)17(22)13-9-12-5-2-3-8-14(12)26(23,24)20-13/h2-3,5,8,11,13,20H,4,6-7,9-10H2,1H3/t13-/m1/s1. The zero-order valence-corrected chi connectivity index (χ0v) is 15.2. The van der Waals surface area contributed by atoms with E-state index in [-0.39, 0.29) is 17.3 Å². The van der Waals surface area contributed by atoms with E-state index in [1.165, 1.54) is 11.3 Å². The highest BCUT2D eigenvalue weighted by molar-refractivity contribution is 7.89. The predicted octanol–water partition coefficient (Wildman–Crippen LogP) is 1.20. The molecular weight excluding hydrogens is 356 g/mol. The van der Waals surface area contributed by atoms with Crippen molar-refractivity contribution >= 4 is 15.9 Å². The van der Waals surface area contributed by atoms with E-state index in [4.69, 9.17) is 4.52 Å². The lowest BCUT2D eigenvalue weighted by molar-refractivity contribution is -0.132. The van der Waals surface area contributed by atoms with Crippen LogP contribution < -0.4 is 4.72 Å². The quantitative estimate of drug-likeness (QED) is 0.859. The third-order valence-corrected chi connectivity index (χ3v) is 6.55. The largest absolute Gasteiger partial charge is 0.339 e. The number of carbonyl (C=O) groups excluding carboxylic acids is 1. The van der Waals surface area contributed by atoms with Gasteiger partial charge in [-0.2, -0.15) is 9.71 Å². The van der Waals surface area contributed by atoms with Crippen molar-refractivity contribution in [1.29, 1.82) is 0 Å². The maximum atomic E-state index is 12.7. The molecule has 2 aromatic rings. The predicted molar refractivity (Wildman–Crippen MR) is 91.6 cm³/mol. The van der Waals surface area contributed by atoms with E-state index >= 15 is 0 Å². The molecule has 2 heterocycles. The third-order valence-electron chi connectivity index (χ3n) is 4.97. The first-order chi connectivity index (χ1) is 12.4. The van der Waals surface area contributed by atoms with Crippen LogP contribution in [-0.2, 0) is 27.8 Å². The number of carbonyl (C=O) groups is 1. The fraction of sp³-hybridized carbons (Fsp3) is 0.471. The Bertz CT molecular complexity index is 936. The lowest BCUT2D eigenvalue weighted by Gasteiger charge is -2.28. The number of hydrogen-bond acceptors (Lipinski definition) is 6. The summed E-state index contributed by atoms with van der Waals surface area (Å²) in [5.41, 5.74) is 0.643. The molecule has 8 nitrogen and oxygen atoms in total. The first-order valence-corrected chi connectivity index (χ1v) is 10.1. The minimum absolute atomic E-state index is 0.176. The number of sulfonamides is 1. The number of likely N-dealkylation sites (N-methyl/N-ethyl adjacent to an activating group) is 1. The summed E-state index contributed by atoms with van der Waals surface area (Å²) in [6.07, 6.45) is 3.60. The summed E-state index contributed by atoms with van der Waals surface area (Å²) in [6, 6.07) is 5.88. The Kier molecular flexibility index (Phi) is 4.28. The van der Waals surface area contributed by atoms with E-state index < -0.39 is 16.1 Å². The number of nitrogens with zero attached hydrogens (tertiary/aromatic N) is 3. The second-order valence-electron chi connectivity index (χ2n) is 6.86. The highest BCUT2D eigenvalue weighted by atomic mass is 32.2. The molecule has 0 saturated heterocycles. The van der Waals surface area contributed by atoms with E-state index in [0.29, 0.717) is 29.6 Å². The third kappa shape index (κ3) is 3.12. The van der Waals surface area contributed by atoms with Crippen LogP contribution in [0.4, 0.5) is 0 Å². The molecule has 1 aliphatic heterocycles. The van der Waals surface area contributed by atoms with Crippen molar-refractivity contribution in [2.75, 3.05) is 7.05 Å². The van der Waals surface area contributed by atoms with E-state index in [0.717, 1.165) is 12.8 Å². The fourth-order valence-corrected chi connectivity index (χ4v) is 4.73. The zero-order valence-electron chi connectivity index (χ0n) is 14.4. The van der Waals surface area contributed by atoms with Crippen molar-refractivity contribution in [3.05, 3.63) is 41.5 Å². The van der Waals surface area contributed by atoms with Crippen LogP contribution in [-0.4, -0.2) is 42.5 Å². The molecule has 1 N–H and O–H groups in total. The minimum atomic E-state index is -3.69. The van der Waals surface area contributed by atoms with Gasteiger partial charge in [-0.05, 0) is 30.9 Å². The molecule has 1 aliphatic carbocycles. The molecule has 0 bridgehead atoms. The van der Waals surface area contributed by atoms with Crippen LogP contribution in [0, 0.1) is 0 Å². The SMILES string of the molecule is CN(Cc1noc(C2CCC2)n1)C(=O)[C@H]1Cc2ccccc2S(=O)(=O)N1. The zero-order chi connectivity index (χ0) is 18.3. The van der Waals surface area contributed by atoms with Gasteiger partial charge in [0.1, 0.15) is 6.04 Å². The molecule has 1 saturated carbocycles. The molecule has 1 fully saturated rings. The van der Waals surface area contributed by atoms with Crippen molar-refractivity contribution in [2.24, 2.45) is 0 Å². The molecule has 9 heteroatoms. The molecule has 0 radical (unpaired) electrons. The average Bonchev–Trinajstić information content (AvgIpc) is 2.99. The molecule has 138 valence electrons. The molecule has 0 unspecified atom stereocenters. The highest BCUT2D eigenvalue weighted by Crippen LogP contribution is 2.35. The van der Waals surface area contributed by atoms with Crippen molar-refractivity contribution in [1.82, 2.24) is 19.8 Å². The Morgan fingerprint density at radius 1 is 1.35 bits per heavy atom. The highest BCUT2D eigenvalue weighted by Gasteiger charge is 2.35. The molecule has 1 amide bonds. The summed E-state index contributed by atoms with van der Waals surface area (Å²) < 4.78 is 32.5. The molecule has 2 aliphatic rings. The smallest absolute Gasteiger partial charge is 0.241 e. The maximum absolute atomic E-state index is 12.7. The van der Waals surface area contributed by atoms with Gasteiger partial charge in [-0.1, -0.05) is 29.8 Å². The Hall–Kier alpha value is -2.26. The van der Waals surface area contributed by atoms with Crippen LogP contribution in [0.5, 0.6) is 0 Å². The van der Waals surface area contributed by atoms with Gasteiger partial charge in [-0.3, -0.25) is 4.79 Å². The van der Waals surface area contributed by atoms with Crippen LogP contribution in [0.2, 0.25) is 0 Å². The summed E-state index contributed by atoms with van der Waals surface area (Å²) >= 11 is 0. The van der Waals surface area contributed by atoms with Crippen molar-refractivity contribution < 1.29 is 17.7 Å². The molecule has 0 spiro atoms. The molecule has 4 rings (SSSR count). The first-order valence-electron chi connectivity index (χ1n) is 8.62. The Balaban J connectivity index is 1.46. The Morgan fingerprint density at radius 2 is 2.12 bits per heavy atom. The van der Waals surface area contributed by atoms with E-state index in [2.05, 4.69) is 14.9 Å². The Labute approximate surface area is 151 Å². The normalized spacial score (nSPS) is 21.7. The van der Waals surface area contributed by atoms with E-state index in [1.807, 2.05) is 0 Å². The molecule has 26 heavy (non-hydrogen) atoms. The minimum Gasteiger partial charge on any atom is -0.339 e. The number of benzene rings is 1. The van der Waals surface area contributed by atoms with Gasteiger partial charge < -0.3 is 9.42 Å². The summed E-state index contributed by atoms with van der Waals surface area (Å²) in [7, 11) is -2.09. The monoisotopic (exact) mass is 376 g/mol. The number of rotatable bonds is 4. The van der Waals surface area contributed by atoms with Crippen molar-refractivity contribution in [3.63, 3.8) is 0 Å². The fourth-order valence-electron chi connectivity index (χ4n) is 3.29. The number of aromatic nitrogens is 2. The van der Waals surface area contributed by atoms with Gasteiger partial charge in [0.15, 0.2) is 5.82 Å². The molecule has 1 aromatic heterocycles. The first kappa shape index (κ1) is 17.2. The number of hydrogen-bond donors (Lipinski definition) is 1. The number of fused-ring (bicyclic) bond motifs is 1. The van der Waals surface area contributed by atoms with Crippen LogP contribution in [0.1, 0.15) is 42.5 Å². The van der Waals surface area contributed by atoms with E-state index in [9.17, 15) is 13.2 Å². The van der Waals surface area contributed by atoms with Crippen LogP contribution in [0.3, 0.4) is 0 Å².